The van der Waals surface area contributed by atoms with Gasteiger partial charge in [-0.05, 0) is 48.7 Å². The second-order valence-corrected chi connectivity index (χ2v) is 7.01. The first kappa shape index (κ1) is 18.8. The highest BCUT2D eigenvalue weighted by molar-refractivity contribution is 6.30. The number of halogens is 4. The molecular weight excluding hydrogens is 363 g/mol. The van der Waals surface area contributed by atoms with Crippen molar-refractivity contribution >= 4 is 17.5 Å². The Hall–Kier alpha value is -2.01. The van der Waals surface area contributed by atoms with Crippen LogP contribution in [0.25, 0.3) is 0 Å². The van der Waals surface area contributed by atoms with Gasteiger partial charge < -0.3 is 4.90 Å². The number of nitrogens with zero attached hydrogens (tertiary/aromatic N) is 1. The van der Waals surface area contributed by atoms with Crippen LogP contribution in [-0.2, 0) is 6.18 Å². The number of hydrogen-bond donors (Lipinski definition) is 0. The molecule has 1 heterocycles. The molecule has 3 rings (SSSR count). The number of likely N-dealkylation sites (tertiary alicyclic amines) is 1. The Bertz CT molecular complexity index is 773. The molecular formula is C20H19ClF3NO. The molecule has 1 aliphatic heterocycles. The van der Waals surface area contributed by atoms with Gasteiger partial charge in [-0.3, -0.25) is 4.79 Å². The lowest BCUT2D eigenvalue weighted by molar-refractivity contribution is -0.137. The van der Waals surface area contributed by atoms with Gasteiger partial charge in [0.1, 0.15) is 0 Å². The van der Waals surface area contributed by atoms with Crippen LogP contribution < -0.4 is 0 Å². The predicted molar refractivity (Wildman–Crippen MR) is 95.4 cm³/mol. The van der Waals surface area contributed by atoms with Crippen molar-refractivity contribution in [2.75, 3.05) is 13.1 Å². The van der Waals surface area contributed by atoms with Crippen molar-refractivity contribution < 1.29 is 18.0 Å². The number of alkyl halides is 3. The standard InChI is InChI=1S/C20H19ClF3NO/c21-18-9-7-14(8-10-18)16-4-1-2-11-25(13-16)19(26)15-5-3-6-17(12-15)20(22,23)24/h3,5-10,12,16H,1-2,4,11,13H2. The molecule has 0 bridgehead atoms. The number of rotatable bonds is 2. The smallest absolute Gasteiger partial charge is 0.338 e. The fraction of sp³-hybridized carbons (Fsp3) is 0.350. The summed E-state index contributed by atoms with van der Waals surface area (Å²) in [5, 5.41) is 0.652. The van der Waals surface area contributed by atoms with Crippen LogP contribution in [0.4, 0.5) is 13.2 Å². The van der Waals surface area contributed by atoms with E-state index in [1.54, 1.807) is 4.90 Å². The van der Waals surface area contributed by atoms with Crippen molar-refractivity contribution in [1.29, 1.82) is 0 Å². The van der Waals surface area contributed by atoms with Gasteiger partial charge in [-0.25, -0.2) is 0 Å². The molecule has 0 radical (unpaired) electrons. The van der Waals surface area contributed by atoms with Gasteiger partial charge in [0.25, 0.3) is 5.91 Å². The Labute approximate surface area is 155 Å². The third-order valence-corrected chi connectivity index (χ3v) is 4.99. The largest absolute Gasteiger partial charge is 0.416 e. The minimum Gasteiger partial charge on any atom is -0.338 e. The number of carbonyl (C=O) groups excluding carboxylic acids is 1. The Kier molecular flexibility index (Phi) is 5.56. The van der Waals surface area contributed by atoms with Crippen molar-refractivity contribution in [1.82, 2.24) is 4.90 Å². The average Bonchev–Trinajstić information content (AvgIpc) is 2.87. The molecule has 0 spiro atoms. The summed E-state index contributed by atoms with van der Waals surface area (Å²) in [6, 6.07) is 12.2. The summed E-state index contributed by atoms with van der Waals surface area (Å²) in [6.45, 7) is 1.05. The Morgan fingerprint density at radius 1 is 1.08 bits per heavy atom. The zero-order valence-corrected chi connectivity index (χ0v) is 14.9. The van der Waals surface area contributed by atoms with Crippen LogP contribution in [0, 0.1) is 0 Å². The first-order valence-corrected chi connectivity index (χ1v) is 8.94. The first-order valence-electron chi connectivity index (χ1n) is 8.56. The van der Waals surface area contributed by atoms with Crippen LogP contribution in [0.5, 0.6) is 0 Å². The van der Waals surface area contributed by atoms with Crippen LogP contribution in [0.2, 0.25) is 5.02 Å². The second-order valence-electron chi connectivity index (χ2n) is 6.57. The van der Waals surface area contributed by atoms with E-state index in [1.807, 2.05) is 24.3 Å². The highest BCUT2D eigenvalue weighted by Gasteiger charge is 2.32. The van der Waals surface area contributed by atoms with Crippen LogP contribution in [0.1, 0.15) is 46.7 Å². The second kappa shape index (κ2) is 7.70. The van der Waals surface area contributed by atoms with Crippen LogP contribution >= 0.6 is 11.6 Å². The number of benzene rings is 2. The van der Waals surface area contributed by atoms with E-state index in [1.165, 1.54) is 12.1 Å². The van der Waals surface area contributed by atoms with Gasteiger partial charge in [0.2, 0.25) is 0 Å². The van der Waals surface area contributed by atoms with Crippen molar-refractivity contribution in [3.8, 4) is 0 Å². The van der Waals surface area contributed by atoms with Gasteiger partial charge in [0, 0.05) is 29.6 Å². The topological polar surface area (TPSA) is 20.3 Å². The van der Waals surface area contributed by atoms with Crippen molar-refractivity contribution in [3.05, 3.63) is 70.2 Å². The molecule has 2 aromatic rings. The monoisotopic (exact) mass is 381 g/mol. The van der Waals surface area contributed by atoms with Gasteiger partial charge in [-0.2, -0.15) is 13.2 Å². The zero-order valence-electron chi connectivity index (χ0n) is 14.1. The summed E-state index contributed by atoms with van der Waals surface area (Å²) in [5.41, 5.74) is 0.377. The molecule has 1 amide bonds. The summed E-state index contributed by atoms with van der Waals surface area (Å²) in [4.78, 5) is 14.5. The fourth-order valence-electron chi connectivity index (χ4n) is 3.34. The quantitative estimate of drug-likeness (QED) is 0.646. The van der Waals surface area contributed by atoms with Crippen molar-refractivity contribution in [3.63, 3.8) is 0 Å². The van der Waals surface area contributed by atoms with E-state index in [0.717, 1.165) is 37.0 Å². The Morgan fingerprint density at radius 3 is 2.50 bits per heavy atom. The van der Waals surface area contributed by atoms with E-state index in [9.17, 15) is 18.0 Å². The van der Waals surface area contributed by atoms with E-state index in [-0.39, 0.29) is 17.4 Å². The number of carbonyl (C=O) groups is 1. The molecule has 138 valence electrons. The third kappa shape index (κ3) is 4.39. The molecule has 1 fully saturated rings. The van der Waals surface area contributed by atoms with Crippen LogP contribution in [0.3, 0.4) is 0 Å². The number of hydrogen-bond acceptors (Lipinski definition) is 1. The molecule has 1 saturated heterocycles. The highest BCUT2D eigenvalue weighted by Crippen LogP contribution is 2.31. The van der Waals surface area contributed by atoms with E-state index >= 15 is 0 Å². The van der Waals surface area contributed by atoms with E-state index in [0.29, 0.717) is 18.1 Å². The third-order valence-electron chi connectivity index (χ3n) is 4.74. The van der Waals surface area contributed by atoms with E-state index in [4.69, 9.17) is 11.6 Å². The highest BCUT2D eigenvalue weighted by atomic mass is 35.5. The summed E-state index contributed by atoms with van der Waals surface area (Å²) in [6.07, 6.45) is -1.70. The minimum absolute atomic E-state index is 0.0802. The van der Waals surface area contributed by atoms with Gasteiger partial charge in [-0.15, -0.1) is 0 Å². The molecule has 26 heavy (non-hydrogen) atoms. The van der Waals surface area contributed by atoms with Gasteiger partial charge in [0.15, 0.2) is 0 Å². The van der Waals surface area contributed by atoms with Crippen molar-refractivity contribution in [2.45, 2.75) is 31.4 Å². The fourth-order valence-corrected chi connectivity index (χ4v) is 3.47. The molecule has 2 aromatic carbocycles. The zero-order chi connectivity index (χ0) is 18.7. The van der Waals surface area contributed by atoms with E-state index < -0.39 is 11.7 Å². The lowest BCUT2D eigenvalue weighted by Gasteiger charge is -2.25. The van der Waals surface area contributed by atoms with Crippen molar-refractivity contribution in [2.24, 2.45) is 0 Å². The molecule has 1 aliphatic rings. The summed E-state index contributed by atoms with van der Waals surface area (Å²) in [7, 11) is 0. The predicted octanol–water partition coefficient (Wildman–Crippen LogP) is 5.77. The molecule has 0 saturated carbocycles. The normalized spacial score (nSPS) is 18.5. The molecule has 0 aromatic heterocycles. The Balaban J connectivity index is 1.81. The molecule has 0 N–H and O–H groups in total. The summed E-state index contributed by atoms with van der Waals surface area (Å²) in [5.74, 6) is -0.193. The van der Waals surface area contributed by atoms with Gasteiger partial charge in [-0.1, -0.05) is 36.2 Å². The lowest BCUT2D eigenvalue weighted by atomic mass is 9.94. The minimum atomic E-state index is -4.46. The van der Waals surface area contributed by atoms with Gasteiger partial charge >= 0.3 is 6.18 Å². The maximum Gasteiger partial charge on any atom is 0.416 e. The molecule has 6 heteroatoms. The lowest BCUT2D eigenvalue weighted by Crippen LogP contribution is -2.34. The molecule has 1 unspecified atom stereocenters. The SMILES string of the molecule is O=C(c1cccc(C(F)(F)F)c1)N1CCCCC(c2ccc(Cl)cc2)C1. The Morgan fingerprint density at radius 2 is 1.81 bits per heavy atom. The van der Waals surface area contributed by atoms with Crippen LogP contribution in [-0.4, -0.2) is 23.9 Å². The maximum absolute atomic E-state index is 12.9. The first-order chi connectivity index (χ1) is 12.3. The average molecular weight is 382 g/mol. The molecule has 1 atom stereocenters. The number of amides is 1. The molecule has 2 nitrogen and oxygen atoms in total. The maximum atomic E-state index is 12.9. The van der Waals surface area contributed by atoms with E-state index in [2.05, 4.69) is 0 Å². The van der Waals surface area contributed by atoms with Crippen LogP contribution in [0.15, 0.2) is 48.5 Å². The molecule has 0 aliphatic carbocycles. The van der Waals surface area contributed by atoms with Gasteiger partial charge in [0.05, 0.1) is 5.56 Å². The summed E-state index contributed by atoms with van der Waals surface area (Å²) >= 11 is 5.94. The summed E-state index contributed by atoms with van der Waals surface area (Å²) < 4.78 is 38.8.